The van der Waals surface area contributed by atoms with Gasteiger partial charge in [-0.2, -0.15) is 18.2 Å². The second-order valence-electron chi connectivity index (χ2n) is 4.49. The van der Waals surface area contributed by atoms with Crippen LogP contribution in [-0.2, 0) is 12.7 Å². The zero-order valence-electron chi connectivity index (χ0n) is 11.9. The van der Waals surface area contributed by atoms with Crippen LogP contribution < -0.4 is 10.6 Å². The fourth-order valence-corrected chi connectivity index (χ4v) is 1.77. The molecular formula is C13H12F3N5O2. The van der Waals surface area contributed by atoms with Crippen molar-refractivity contribution in [1.82, 2.24) is 9.97 Å². The lowest BCUT2D eigenvalue weighted by molar-refractivity contribution is -0.384. The molecule has 0 bridgehead atoms. The summed E-state index contributed by atoms with van der Waals surface area (Å²) in [6.45, 7) is 0.0825. The van der Waals surface area contributed by atoms with Crippen LogP contribution in [0.15, 0.2) is 30.3 Å². The average Bonchev–Trinajstić information content (AvgIpc) is 2.52. The number of hydrogen-bond donors (Lipinski definition) is 2. The fraction of sp³-hybridized carbons (Fsp3) is 0.231. The van der Waals surface area contributed by atoms with Crippen LogP contribution in [-0.4, -0.2) is 21.9 Å². The first-order valence-electron chi connectivity index (χ1n) is 6.41. The number of alkyl halides is 3. The van der Waals surface area contributed by atoms with Crippen LogP contribution in [0.1, 0.15) is 11.3 Å². The van der Waals surface area contributed by atoms with Crippen molar-refractivity contribution in [3.63, 3.8) is 0 Å². The molecule has 0 saturated heterocycles. The minimum absolute atomic E-state index is 0.0387. The maximum atomic E-state index is 12.8. The molecule has 0 fully saturated rings. The van der Waals surface area contributed by atoms with Crippen LogP contribution >= 0.6 is 0 Å². The van der Waals surface area contributed by atoms with Gasteiger partial charge in [-0.15, -0.1) is 0 Å². The van der Waals surface area contributed by atoms with E-state index < -0.39 is 16.8 Å². The molecule has 0 aliphatic rings. The van der Waals surface area contributed by atoms with Crippen molar-refractivity contribution in [2.24, 2.45) is 0 Å². The molecule has 0 radical (unpaired) electrons. The Morgan fingerprint density at radius 3 is 2.61 bits per heavy atom. The second kappa shape index (κ2) is 6.46. The lowest BCUT2D eigenvalue weighted by Crippen LogP contribution is -2.13. The lowest BCUT2D eigenvalue weighted by Gasteiger charge is -2.11. The average molecular weight is 327 g/mol. The zero-order valence-corrected chi connectivity index (χ0v) is 11.9. The van der Waals surface area contributed by atoms with Gasteiger partial charge in [0.25, 0.3) is 5.69 Å². The van der Waals surface area contributed by atoms with Gasteiger partial charge in [-0.3, -0.25) is 10.1 Å². The molecule has 0 aliphatic heterocycles. The largest absolute Gasteiger partial charge is 0.433 e. The number of benzene rings is 1. The van der Waals surface area contributed by atoms with Gasteiger partial charge in [-0.1, -0.05) is 12.1 Å². The van der Waals surface area contributed by atoms with Crippen LogP contribution in [0.3, 0.4) is 0 Å². The first-order chi connectivity index (χ1) is 10.8. The number of anilines is 2. The van der Waals surface area contributed by atoms with Gasteiger partial charge in [0.1, 0.15) is 5.82 Å². The van der Waals surface area contributed by atoms with Crippen molar-refractivity contribution in [3.8, 4) is 0 Å². The number of halogens is 3. The SMILES string of the molecule is CNc1nc(NCc2cccc([N+](=O)[O-])c2)cc(C(F)(F)F)n1. The van der Waals surface area contributed by atoms with Crippen LogP contribution in [0.4, 0.5) is 30.6 Å². The molecule has 0 atom stereocenters. The minimum Gasteiger partial charge on any atom is -0.366 e. The second-order valence-corrected chi connectivity index (χ2v) is 4.49. The van der Waals surface area contributed by atoms with Crippen LogP contribution in [0.5, 0.6) is 0 Å². The minimum atomic E-state index is -4.60. The highest BCUT2D eigenvalue weighted by Crippen LogP contribution is 2.29. The van der Waals surface area contributed by atoms with E-state index in [9.17, 15) is 23.3 Å². The molecule has 2 aromatic rings. The number of rotatable bonds is 5. The number of nitrogens with one attached hydrogen (secondary N) is 2. The molecule has 1 aromatic heterocycles. The highest BCUT2D eigenvalue weighted by molar-refractivity contribution is 5.44. The Balaban J connectivity index is 2.20. The van der Waals surface area contributed by atoms with Crippen molar-refractivity contribution in [3.05, 3.63) is 51.7 Å². The maximum absolute atomic E-state index is 12.8. The van der Waals surface area contributed by atoms with E-state index in [4.69, 9.17) is 0 Å². The van der Waals surface area contributed by atoms with E-state index in [0.717, 1.165) is 6.07 Å². The lowest BCUT2D eigenvalue weighted by atomic mass is 10.2. The van der Waals surface area contributed by atoms with Crippen molar-refractivity contribution < 1.29 is 18.1 Å². The van der Waals surface area contributed by atoms with E-state index in [2.05, 4.69) is 20.6 Å². The van der Waals surface area contributed by atoms with E-state index in [0.29, 0.717) is 5.56 Å². The molecule has 0 amide bonds. The highest BCUT2D eigenvalue weighted by atomic mass is 19.4. The number of non-ortho nitro benzene ring substituents is 1. The van der Waals surface area contributed by atoms with Gasteiger partial charge in [-0.05, 0) is 5.56 Å². The summed E-state index contributed by atoms with van der Waals surface area (Å²) >= 11 is 0. The summed E-state index contributed by atoms with van der Waals surface area (Å²) < 4.78 is 38.3. The molecule has 10 heteroatoms. The predicted octanol–water partition coefficient (Wildman–Crippen LogP) is 3.06. The van der Waals surface area contributed by atoms with Crippen LogP contribution in [0, 0.1) is 10.1 Å². The Morgan fingerprint density at radius 1 is 1.26 bits per heavy atom. The van der Waals surface area contributed by atoms with Crippen LogP contribution in [0.2, 0.25) is 0 Å². The molecule has 1 aromatic carbocycles. The number of aromatic nitrogens is 2. The number of nitro groups is 1. The van der Waals surface area contributed by atoms with E-state index >= 15 is 0 Å². The third-order valence-corrected chi connectivity index (χ3v) is 2.84. The summed E-state index contributed by atoms with van der Waals surface area (Å²) in [4.78, 5) is 17.4. The molecule has 0 aliphatic carbocycles. The molecule has 0 spiro atoms. The van der Waals surface area contributed by atoms with Crippen molar-refractivity contribution in [2.45, 2.75) is 12.7 Å². The number of hydrogen-bond acceptors (Lipinski definition) is 6. The first kappa shape index (κ1) is 16.5. The Hall–Kier alpha value is -2.91. The standard InChI is InChI=1S/C13H12F3N5O2/c1-17-12-19-10(13(14,15)16)6-11(20-12)18-7-8-3-2-4-9(5-8)21(22)23/h2-6H,7H2,1H3,(H2,17,18,19,20). The van der Waals surface area contributed by atoms with Crippen molar-refractivity contribution in [2.75, 3.05) is 17.7 Å². The Kier molecular flexibility index (Phi) is 4.63. The van der Waals surface area contributed by atoms with Gasteiger partial charge in [-0.25, -0.2) is 4.98 Å². The third-order valence-electron chi connectivity index (χ3n) is 2.84. The summed E-state index contributed by atoms with van der Waals surface area (Å²) in [5.41, 5.74) is -0.644. The van der Waals surface area contributed by atoms with E-state index in [1.807, 2.05) is 0 Å². The Morgan fingerprint density at radius 2 is 2.00 bits per heavy atom. The summed E-state index contributed by atoms with van der Waals surface area (Å²) in [6, 6.07) is 6.55. The molecule has 2 N–H and O–H groups in total. The molecule has 7 nitrogen and oxygen atoms in total. The first-order valence-corrected chi connectivity index (χ1v) is 6.41. The molecule has 23 heavy (non-hydrogen) atoms. The molecule has 0 saturated carbocycles. The normalized spacial score (nSPS) is 11.1. The van der Waals surface area contributed by atoms with E-state index in [1.54, 1.807) is 6.07 Å². The summed E-state index contributed by atoms with van der Waals surface area (Å²) in [7, 11) is 1.40. The van der Waals surface area contributed by atoms with Crippen molar-refractivity contribution >= 4 is 17.5 Å². The Bertz CT molecular complexity index is 721. The van der Waals surface area contributed by atoms with Crippen molar-refractivity contribution in [1.29, 1.82) is 0 Å². The topological polar surface area (TPSA) is 93.0 Å². The van der Waals surface area contributed by atoms with Gasteiger partial charge in [0.2, 0.25) is 5.95 Å². The van der Waals surface area contributed by atoms with Crippen LogP contribution in [0.25, 0.3) is 0 Å². The van der Waals surface area contributed by atoms with Gasteiger partial charge < -0.3 is 10.6 Å². The van der Waals surface area contributed by atoms with E-state index in [1.165, 1.54) is 25.2 Å². The molecule has 0 unspecified atom stereocenters. The quantitative estimate of drug-likeness (QED) is 0.647. The predicted molar refractivity (Wildman–Crippen MR) is 77.0 cm³/mol. The number of nitro benzene ring substituents is 1. The van der Waals surface area contributed by atoms with Gasteiger partial charge >= 0.3 is 6.18 Å². The van der Waals surface area contributed by atoms with E-state index in [-0.39, 0.29) is 24.0 Å². The molecule has 2 rings (SSSR count). The summed E-state index contributed by atoms with van der Waals surface area (Å²) in [5.74, 6) is -0.218. The molecule has 1 heterocycles. The Labute approximate surface area is 128 Å². The monoisotopic (exact) mass is 327 g/mol. The maximum Gasteiger partial charge on any atom is 0.433 e. The summed E-state index contributed by atoms with van der Waals surface area (Å²) in [5, 5.41) is 15.8. The fourth-order valence-electron chi connectivity index (χ4n) is 1.77. The van der Waals surface area contributed by atoms with Gasteiger partial charge in [0.15, 0.2) is 5.69 Å². The molecule has 122 valence electrons. The zero-order chi connectivity index (χ0) is 17.0. The number of nitrogens with zero attached hydrogens (tertiary/aromatic N) is 3. The third kappa shape index (κ3) is 4.28. The smallest absolute Gasteiger partial charge is 0.366 e. The summed E-state index contributed by atoms with van der Waals surface area (Å²) in [6.07, 6.45) is -4.60. The van der Waals surface area contributed by atoms with Gasteiger partial charge in [0.05, 0.1) is 4.92 Å². The van der Waals surface area contributed by atoms with Gasteiger partial charge in [0, 0.05) is 31.8 Å². The highest BCUT2D eigenvalue weighted by Gasteiger charge is 2.33. The molecular weight excluding hydrogens is 315 g/mol.